The van der Waals surface area contributed by atoms with Gasteiger partial charge in [0.05, 0.1) is 18.6 Å². The summed E-state index contributed by atoms with van der Waals surface area (Å²) in [6, 6.07) is 11.6. The second-order valence-electron chi connectivity index (χ2n) is 7.81. The summed E-state index contributed by atoms with van der Waals surface area (Å²) in [6.45, 7) is 2.07. The van der Waals surface area contributed by atoms with Gasteiger partial charge in [-0.2, -0.15) is 5.10 Å². The number of ether oxygens (including phenoxy) is 2. The SMILES string of the molecule is CCn1nc(C(=O)NNC(=O)c2ccc(OC3CCCC3)c(OC)c2)c2ccccc2c1=O. The fraction of sp³-hybridized carbons (Fsp3) is 0.333. The highest BCUT2D eigenvalue weighted by molar-refractivity contribution is 6.06. The van der Waals surface area contributed by atoms with E-state index >= 15 is 0 Å². The van der Waals surface area contributed by atoms with Gasteiger partial charge in [0.1, 0.15) is 0 Å². The van der Waals surface area contributed by atoms with E-state index in [2.05, 4.69) is 16.0 Å². The fourth-order valence-corrected chi connectivity index (χ4v) is 3.95. The van der Waals surface area contributed by atoms with Gasteiger partial charge in [-0.05, 0) is 56.9 Å². The van der Waals surface area contributed by atoms with Gasteiger partial charge in [0.2, 0.25) is 0 Å². The number of fused-ring (bicyclic) bond motifs is 1. The first kappa shape index (κ1) is 22.3. The molecule has 4 rings (SSSR count). The van der Waals surface area contributed by atoms with Crippen molar-refractivity contribution in [1.29, 1.82) is 0 Å². The molecule has 0 aliphatic heterocycles. The molecule has 1 saturated carbocycles. The minimum Gasteiger partial charge on any atom is -0.493 e. The maximum Gasteiger partial charge on any atom is 0.290 e. The topological polar surface area (TPSA) is 112 Å². The van der Waals surface area contributed by atoms with Gasteiger partial charge in [0.15, 0.2) is 17.2 Å². The summed E-state index contributed by atoms with van der Waals surface area (Å²) in [4.78, 5) is 37.9. The Balaban J connectivity index is 1.49. The van der Waals surface area contributed by atoms with Crippen LogP contribution in [0.3, 0.4) is 0 Å². The van der Waals surface area contributed by atoms with Gasteiger partial charge >= 0.3 is 0 Å². The number of hydrogen-bond acceptors (Lipinski definition) is 6. The Kier molecular flexibility index (Phi) is 6.58. The molecule has 0 radical (unpaired) electrons. The molecule has 9 nitrogen and oxygen atoms in total. The third-order valence-corrected chi connectivity index (χ3v) is 5.69. The molecular formula is C24H26N4O5. The average molecular weight is 450 g/mol. The maximum atomic E-state index is 12.8. The van der Waals surface area contributed by atoms with Crippen LogP contribution in [0.15, 0.2) is 47.3 Å². The predicted octanol–water partition coefficient (Wildman–Crippen LogP) is 2.82. The zero-order chi connectivity index (χ0) is 23.4. The Morgan fingerprint density at radius 2 is 1.73 bits per heavy atom. The van der Waals surface area contributed by atoms with Crippen molar-refractivity contribution < 1.29 is 19.1 Å². The highest BCUT2D eigenvalue weighted by Gasteiger charge is 2.20. The number of carbonyl (C=O) groups is 2. The molecule has 2 N–H and O–H groups in total. The lowest BCUT2D eigenvalue weighted by atomic mass is 10.1. The zero-order valence-electron chi connectivity index (χ0n) is 18.6. The Labute approximate surface area is 190 Å². The summed E-state index contributed by atoms with van der Waals surface area (Å²) in [6.07, 6.45) is 4.46. The highest BCUT2D eigenvalue weighted by atomic mass is 16.5. The first-order valence-electron chi connectivity index (χ1n) is 11.0. The van der Waals surface area contributed by atoms with Crippen LogP contribution in [0, 0.1) is 0 Å². The minimum atomic E-state index is -0.630. The number of carbonyl (C=O) groups excluding carboxylic acids is 2. The van der Waals surface area contributed by atoms with Crippen molar-refractivity contribution in [3.05, 3.63) is 64.1 Å². The quantitative estimate of drug-likeness (QED) is 0.559. The summed E-state index contributed by atoms with van der Waals surface area (Å²) in [5.74, 6) is -0.122. The molecule has 1 heterocycles. The molecule has 9 heteroatoms. The Hall–Kier alpha value is -3.88. The van der Waals surface area contributed by atoms with E-state index in [4.69, 9.17) is 9.47 Å². The van der Waals surface area contributed by atoms with Gasteiger partial charge in [-0.25, -0.2) is 4.68 Å². The molecule has 1 aliphatic rings. The lowest BCUT2D eigenvalue weighted by molar-refractivity contribution is 0.0843. The first-order valence-corrected chi connectivity index (χ1v) is 11.0. The van der Waals surface area contributed by atoms with E-state index in [0.717, 1.165) is 25.7 Å². The Morgan fingerprint density at radius 3 is 2.42 bits per heavy atom. The third kappa shape index (κ3) is 4.67. The number of rotatable bonds is 6. The van der Waals surface area contributed by atoms with Crippen LogP contribution >= 0.6 is 0 Å². The number of amides is 2. The van der Waals surface area contributed by atoms with Crippen LogP contribution in [0.5, 0.6) is 11.5 Å². The van der Waals surface area contributed by atoms with Crippen molar-refractivity contribution in [3.8, 4) is 11.5 Å². The number of nitrogens with zero attached hydrogens (tertiary/aromatic N) is 2. The van der Waals surface area contributed by atoms with Crippen LogP contribution in [-0.4, -0.2) is 34.8 Å². The molecule has 3 aromatic rings. The second-order valence-corrected chi connectivity index (χ2v) is 7.81. The number of hydrogen-bond donors (Lipinski definition) is 2. The summed E-state index contributed by atoms with van der Waals surface area (Å²) in [5.41, 5.74) is 4.84. The Morgan fingerprint density at radius 1 is 1.03 bits per heavy atom. The normalized spacial score (nSPS) is 13.6. The van der Waals surface area contributed by atoms with Crippen LogP contribution in [0.2, 0.25) is 0 Å². The molecule has 2 amide bonds. The third-order valence-electron chi connectivity index (χ3n) is 5.69. The summed E-state index contributed by atoms with van der Waals surface area (Å²) in [5, 5.41) is 4.96. The van der Waals surface area contributed by atoms with Crippen LogP contribution in [0.1, 0.15) is 53.5 Å². The number of hydrazine groups is 1. The van der Waals surface area contributed by atoms with Crippen molar-refractivity contribution in [1.82, 2.24) is 20.6 Å². The van der Waals surface area contributed by atoms with E-state index in [-0.39, 0.29) is 17.4 Å². The van der Waals surface area contributed by atoms with Crippen LogP contribution in [-0.2, 0) is 6.54 Å². The first-order chi connectivity index (χ1) is 16.0. The maximum absolute atomic E-state index is 12.8. The van der Waals surface area contributed by atoms with E-state index in [1.807, 2.05) is 0 Å². The fourth-order valence-electron chi connectivity index (χ4n) is 3.95. The standard InChI is InChI=1S/C24H26N4O5/c1-3-28-24(31)18-11-7-6-10-17(18)21(27-28)23(30)26-25-22(29)15-12-13-19(20(14-15)32-2)33-16-8-4-5-9-16/h6-7,10-14,16H,3-5,8-9H2,1-2H3,(H,25,29)(H,26,30). The van der Waals surface area contributed by atoms with Crippen molar-refractivity contribution in [2.24, 2.45) is 0 Å². The number of aryl methyl sites for hydroxylation is 1. The predicted molar refractivity (Wildman–Crippen MR) is 122 cm³/mol. The van der Waals surface area contributed by atoms with E-state index in [9.17, 15) is 14.4 Å². The molecule has 2 aromatic carbocycles. The Bertz CT molecular complexity index is 1250. The molecule has 0 atom stereocenters. The van der Waals surface area contributed by atoms with E-state index in [1.54, 1.807) is 49.4 Å². The van der Waals surface area contributed by atoms with Gasteiger partial charge in [-0.15, -0.1) is 0 Å². The van der Waals surface area contributed by atoms with Gasteiger partial charge in [-0.3, -0.25) is 25.2 Å². The number of nitrogens with one attached hydrogen (secondary N) is 2. The summed E-state index contributed by atoms with van der Waals surface area (Å²) >= 11 is 0. The van der Waals surface area contributed by atoms with E-state index in [0.29, 0.717) is 34.4 Å². The molecular weight excluding hydrogens is 424 g/mol. The van der Waals surface area contributed by atoms with E-state index in [1.165, 1.54) is 11.8 Å². The van der Waals surface area contributed by atoms with Gasteiger partial charge < -0.3 is 9.47 Å². The van der Waals surface area contributed by atoms with Crippen LogP contribution < -0.4 is 25.9 Å². The van der Waals surface area contributed by atoms with Crippen LogP contribution in [0.4, 0.5) is 0 Å². The van der Waals surface area contributed by atoms with Crippen molar-refractivity contribution in [2.45, 2.75) is 45.3 Å². The number of aromatic nitrogens is 2. The number of methoxy groups -OCH3 is 1. The second kappa shape index (κ2) is 9.72. The summed E-state index contributed by atoms with van der Waals surface area (Å²) < 4.78 is 12.6. The monoisotopic (exact) mass is 450 g/mol. The van der Waals surface area contributed by atoms with E-state index < -0.39 is 11.8 Å². The van der Waals surface area contributed by atoms with Gasteiger partial charge in [-0.1, -0.05) is 18.2 Å². The molecule has 1 aromatic heterocycles. The molecule has 0 unspecified atom stereocenters. The van der Waals surface area contributed by atoms with Crippen molar-refractivity contribution in [2.75, 3.05) is 7.11 Å². The molecule has 0 bridgehead atoms. The average Bonchev–Trinajstić information content (AvgIpc) is 3.36. The zero-order valence-corrected chi connectivity index (χ0v) is 18.6. The minimum absolute atomic E-state index is 0.0465. The molecule has 1 fully saturated rings. The number of benzene rings is 2. The van der Waals surface area contributed by atoms with Gasteiger partial charge in [0.25, 0.3) is 17.4 Å². The lowest BCUT2D eigenvalue weighted by Crippen LogP contribution is -2.42. The van der Waals surface area contributed by atoms with Crippen molar-refractivity contribution >= 4 is 22.6 Å². The van der Waals surface area contributed by atoms with Gasteiger partial charge in [0, 0.05) is 17.5 Å². The lowest BCUT2D eigenvalue weighted by Gasteiger charge is -2.16. The molecule has 0 saturated heterocycles. The molecule has 172 valence electrons. The molecule has 1 aliphatic carbocycles. The summed E-state index contributed by atoms with van der Waals surface area (Å²) in [7, 11) is 1.51. The highest BCUT2D eigenvalue weighted by Crippen LogP contribution is 2.32. The molecule has 33 heavy (non-hydrogen) atoms. The smallest absolute Gasteiger partial charge is 0.290 e. The van der Waals surface area contributed by atoms with Crippen molar-refractivity contribution in [3.63, 3.8) is 0 Å². The van der Waals surface area contributed by atoms with Crippen LogP contribution in [0.25, 0.3) is 10.8 Å². The molecule has 0 spiro atoms. The largest absolute Gasteiger partial charge is 0.493 e.